The zero-order valence-electron chi connectivity index (χ0n) is 26.7. The normalized spacial score (nSPS) is 13.3. The van der Waals surface area contributed by atoms with Gasteiger partial charge < -0.3 is 10.3 Å². The first kappa shape index (κ1) is 28.7. The van der Waals surface area contributed by atoms with Gasteiger partial charge in [-0.15, -0.1) is 0 Å². The van der Waals surface area contributed by atoms with Crippen LogP contribution in [0.15, 0.2) is 181 Å². The fourth-order valence-corrected chi connectivity index (χ4v) is 7.66. The monoisotopic (exact) mass is 628 g/mol. The van der Waals surface area contributed by atoms with E-state index < -0.39 is 5.41 Å². The molecule has 0 bridgehead atoms. The highest BCUT2D eigenvalue weighted by Crippen LogP contribution is 2.53. The Labute approximate surface area is 285 Å². The summed E-state index contributed by atoms with van der Waals surface area (Å²) in [6, 6.07) is 62.1. The Kier molecular flexibility index (Phi) is 6.63. The van der Waals surface area contributed by atoms with E-state index >= 15 is 0 Å². The summed E-state index contributed by atoms with van der Waals surface area (Å²) in [4.78, 5) is 5.52. The lowest BCUT2D eigenvalue weighted by molar-refractivity contribution is 0.851. The number of benzene rings is 7. The molecule has 0 fully saturated rings. The third-order valence-electron chi connectivity index (χ3n) is 9.90. The van der Waals surface area contributed by atoms with Gasteiger partial charge in [0.1, 0.15) is 5.84 Å². The molecule has 0 amide bonds. The average molecular weight is 629 g/mol. The van der Waals surface area contributed by atoms with Crippen LogP contribution in [0.5, 0.6) is 0 Å². The lowest BCUT2D eigenvalue weighted by Gasteiger charge is -2.34. The lowest BCUT2D eigenvalue weighted by atomic mass is 9.65. The number of aliphatic imine (C=N–C) groups is 1. The number of nitrogen functional groups attached to an aromatic ring is 1. The van der Waals surface area contributed by atoms with Crippen LogP contribution in [-0.4, -0.2) is 16.1 Å². The first-order chi connectivity index (χ1) is 24.1. The van der Waals surface area contributed by atoms with Crippen molar-refractivity contribution in [3.05, 3.63) is 204 Å². The minimum absolute atomic E-state index is 0.0737. The molecule has 3 N–H and O–H groups in total. The number of rotatable bonds is 6. The number of aromatic nitrogens is 1. The minimum Gasteiger partial charge on any atom is -0.384 e. The maximum absolute atomic E-state index is 7.74. The van der Waals surface area contributed by atoms with Crippen molar-refractivity contribution in [2.24, 2.45) is 10.7 Å². The molecule has 2 heterocycles. The second-order valence-corrected chi connectivity index (χ2v) is 12.6. The molecule has 0 spiro atoms. The maximum Gasteiger partial charge on any atom is 0.122 e. The summed E-state index contributed by atoms with van der Waals surface area (Å²) < 4.78 is 2.38. The van der Waals surface area contributed by atoms with Crippen LogP contribution < -0.4 is 5.73 Å². The zero-order valence-corrected chi connectivity index (χ0v) is 26.7. The predicted octanol–water partition coefficient (Wildman–Crippen LogP) is 10.2. The average Bonchev–Trinajstić information content (AvgIpc) is 3.68. The van der Waals surface area contributed by atoms with Crippen molar-refractivity contribution in [3.63, 3.8) is 0 Å². The summed E-state index contributed by atoms with van der Waals surface area (Å²) in [6.45, 7) is 0. The Balaban J connectivity index is 1.30. The SMILES string of the molecule is N=C(N)c1ccc(-c2ccc(-n3c4ccccc4c4cc5c(cc43)C(c3ccccc3)(c3ccccc3)C(c3ccccc3)=N5)cc2)cc1. The van der Waals surface area contributed by atoms with Gasteiger partial charge in [0.2, 0.25) is 0 Å². The van der Waals surface area contributed by atoms with Crippen LogP contribution in [0.3, 0.4) is 0 Å². The molecule has 1 aliphatic heterocycles. The van der Waals surface area contributed by atoms with E-state index in [1.807, 2.05) is 24.3 Å². The van der Waals surface area contributed by atoms with E-state index in [0.29, 0.717) is 0 Å². The molecular weight excluding hydrogens is 597 g/mol. The molecule has 0 atom stereocenters. The van der Waals surface area contributed by atoms with Gasteiger partial charge in [-0.2, -0.15) is 0 Å². The lowest BCUT2D eigenvalue weighted by Crippen LogP contribution is -2.36. The van der Waals surface area contributed by atoms with Gasteiger partial charge >= 0.3 is 0 Å². The van der Waals surface area contributed by atoms with Crippen molar-refractivity contribution in [1.82, 2.24) is 4.57 Å². The highest BCUT2D eigenvalue weighted by Gasteiger charge is 2.47. The number of nitrogens with zero attached hydrogens (tertiary/aromatic N) is 2. The third kappa shape index (κ3) is 4.45. The molecule has 0 saturated heterocycles. The molecule has 9 rings (SSSR count). The number of amidine groups is 1. The fourth-order valence-electron chi connectivity index (χ4n) is 7.66. The van der Waals surface area contributed by atoms with E-state index in [9.17, 15) is 0 Å². The molecule has 1 aliphatic rings. The molecule has 0 unspecified atom stereocenters. The van der Waals surface area contributed by atoms with Gasteiger partial charge in [-0.25, -0.2) is 0 Å². The fraction of sp³-hybridized carbons (Fsp3) is 0.0222. The number of nitrogens with one attached hydrogen (secondary N) is 1. The second-order valence-electron chi connectivity index (χ2n) is 12.6. The summed E-state index contributed by atoms with van der Waals surface area (Å²) in [5.41, 5.74) is 18.0. The smallest absolute Gasteiger partial charge is 0.122 e. The molecule has 0 aliphatic carbocycles. The first-order valence-corrected chi connectivity index (χ1v) is 16.5. The van der Waals surface area contributed by atoms with E-state index in [1.165, 1.54) is 27.5 Å². The largest absolute Gasteiger partial charge is 0.384 e. The van der Waals surface area contributed by atoms with E-state index in [4.69, 9.17) is 16.1 Å². The summed E-state index contributed by atoms with van der Waals surface area (Å²) >= 11 is 0. The van der Waals surface area contributed by atoms with E-state index in [-0.39, 0.29) is 5.84 Å². The molecule has 0 radical (unpaired) electrons. The molecule has 0 saturated carbocycles. The van der Waals surface area contributed by atoms with E-state index in [0.717, 1.165) is 50.4 Å². The number of hydrogen-bond donors (Lipinski definition) is 2. The molecule has 4 heteroatoms. The maximum atomic E-state index is 7.74. The number of hydrogen-bond acceptors (Lipinski definition) is 2. The topological polar surface area (TPSA) is 67.2 Å². The van der Waals surface area contributed by atoms with Gasteiger partial charge in [0, 0.05) is 27.6 Å². The predicted molar refractivity (Wildman–Crippen MR) is 203 cm³/mol. The zero-order chi connectivity index (χ0) is 33.0. The van der Waals surface area contributed by atoms with Crippen molar-refractivity contribution in [1.29, 1.82) is 5.41 Å². The Hall–Kier alpha value is -6.52. The highest BCUT2D eigenvalue weighted by molar-refractivity contribution is 6.19. The van der Waals surface area contributed by atoms with Crippen LogP contribution >= 0.6 is 0 Å². The molecule has 232 valence electrons. The van der Waals surface area contributed by atoms with Crippen LogP contribution in [0.2, 0.25) is 0 Å². The van der Waals surface area contributed by atoms with Crippen LogP contribution in [-0.2, 0) is 5.41 Å². The van der Waals surface area contributed by atoms with Crippen LogP contribution in [0, 0.1) is 5.41 Å². The van der Waals surface area contributed by atoms with Crippen molar-refractivity contribution in [2.45, 2.75) is 5.41 Å². The highest BCUT2D eigenvalue weighted by atomic mass is 15.0. The van der Waals surface area contributed by atoms with Crippen LogP contribution in [0.1, 0.15) is 27.8 Å². The standard InChI is InChI=1S/C45H32N4/c46-44(47)33-22-20-30(21-23-33)31-24-26-36(27-25-31)49-41-19-11-10-18-37(41)38-28-40-39(29-42(38)49)45(34-14-6-2-7-15-34,35-16-8-3-9-17-35)43(48-40)32-12-4-1-5-13-32/h1-29H,(H3,46,47). The van der Waals surface area contributed by atoms with Gasteiger partial charge in [-0.1, -0.05) is 146 Å². The van der Waals surface area contributed by atoms with Crippen molar-refractivity contribution in [2.75, 3.05) is 0 Å². The quantitative estimate of drug-likeness (QED) is 0.140. The number of fused-ring (bicyclic) bond motifs is 4. The summed E-state index contributed by atoms with van der Waals surface area (Å²) in [5, 5.41) is 10.1. The Morgan fingerprint density at radius 1 is 0.531 bits per heavy atom. The van der Waals surface area contributed by atoms with Crippen molar-refractivity contribution in [3.8, 4) is 16.8 Å². The van der Waals surface area contributed by atoms with Gasteiger partial charge in [0.25, 0.3) is 0 Å². The van der Waals surface area contributed by atoms with Crippen molar-refractivity contribution < 1.29 is 0 Å². The first-order valence-electron chi connectivity index (χ1n) is 16.5. The van der Waals surface area contributed by atoms with Crippen molar-refractivity contribution >= 4 is 39.0 Å². The summed E-state index contributed by atoms with van der Waals surface area (Å²) in [6.07, 6.45) is 0. The molecule has 4 nitrogen and oxygen atoms in total. The van der Waals surface area contributed by atoms with Gasteiger partial charge in [-0.3, -0.25) is 10.4 Å². The van der Waals surface area contributed by atoms with Gasteiger partial charge in [0.15, 0.2) is 0 Å². The molecular formula is C45H32N4. The Bertz CT molecular complexity index is 2490. The number of nitrogens with two attached hydrogens (primary N) is 1. The Morgan fingerprint density at radius 3 is 1.69 bits per heavy atom. The molecule has 1 aromatic heterocycles. The van der Waals surface area contributed by atoms with Crippen LogP contribution in [0.4, 0.5) is 5.69 Å². The molecule has 49 heavy (non-hydrogen) atoms. The minimum atomic E-state index is -0.620. The molecule has 7 aromatic carbocycles. The summed E-state index contributed by atoms with van der Waals surface area (Å²) in [5.74, 6) is 0.0737. The third-order valence-corrected chi connectivity index (χ3v) is 9.90. The summed E-state index contributed by atoms with van der Waals surface area (Å²) in [7, 11) is 0. The van der Waals surface area contributed by atoms with Crippen LogP contribution in [0.25, 0.3) is 38.6 Å². The molecule has 8 aromatic rings. The number of para-hydroxylation sites is 1. The second kappa shape index (κ2) is 11.3. The van der Waals surface area contributed by atoms with Gasteiger partial charge in [-0.05, 0) is 58.1 Å². The van der Waals surface area contributed by atoms with E-state index in [1.54, 1.807) is 0 Å². The van der Waals surface area contributed by atoms with E-state index in [2.05, 4.69) is 156 Å². The van der Waals surface area contributed by atoms with Gasteiger partial charge in [0.05, 0.1) is 27.8 Å². The Morgan fingerprint density at radius 2 is 1.08 bits per heavy atom.